The van der Waals surface area contributed by atoms with Gasteiger partial charge in [-0.05, 0) is 24.8 Å². The fraction of sp³-hybridized carbons (Fsp3) is 0.381. The van der Waals surface area contributed by atoms with Crippen molar-refractivity contribution >= 4 is 16.7 Å². The predicted molar refractivity (Wildman–Crippen MR) is 103 cm³/mol. The molecular weight excluding hydrogens is 340 g/mol. The molecule has 0 radical (unpaired) electrons. The van der Waals surface area contributed by atoms with Gasteiger partial charge in [-0.25, -0.2) is 4.98 Å². The molecule has 3 heterocycles. The third-order valence-electron chi connectivity index (χ3n) is 5.47. The lowest BCUT2D eigenvalue weighted by Crippen LogP contribution is -2.33. The molecule has 1 aliphatic heterocycles. The Labute approximate surface area is 158 Å². The Morgan fingerprint density at radius 3 is 2.85 bits per heavy atom. The van der Waals surface area contributed by atoms with Gasteiger partial charge in [-0.15, -0.1) is 0 Å². The summed E-state index contributed by atoms with van der Waals surface area (Å²) in [6.45, 7) is 4.56. The summed E-state index contributed by atoms with van der Waals surface area (Å²) in [4.78, 5) is 27.4. The fourth-order valence-electron chi connectivity index (χ4n) is 3.82. The Morgan fingerprint density at radius 2 is 2.11 bits per heavy atom. The average molecular weight is 364 g/mol. The first-order valence-electron chi connectivity index (χ1n) is 9.23. The van der Waals surface area contributed by atoms with Crippen LogP contribution in [0.4, 0.5) is 0 Å². The number of methoxy groups -OCH3 is 1. The number of fused-ring (bicyclic) bond motifs is 1. The van der Waals surface area contributed by atoms with Crippen molar-refractivity contribution in [3.8, 4) is 0 Å². The van der Waals surface area contributed by atoms with Crippen molar-refractivity contribution in [1.82, 2.24) is 19.9 Å². The van der Waals surface area contributed by atoms with Crippen molar-refractivity contribution in [3.63, 3.8) is 0 Å². The van der Waals surface area contributed by atoms with E-state index in [4.69, 9.17) is 4.74 Å². The molecule has 6 nitrogen and oxygen atoms in total. The van der Waals surface area contributed by atoms with Crippen LogP contribution in [0, 0.1) is 13.8 Å². The minimum atomic E-state index is -0.0854. The van der Waals surface area contributed by atoms with Gasteiger partial charge >= 0.3 is 0 Å². The van der Waals surface area contributed by atoms with E-state index in [-0.39, 0.29) is 18.1 Å². The lowest BCUT2D eigenvalue weighted by atomic mass is 10.0. The number of benzene rings is 1. The molecule has 1 aromatic carbocycles. The second-order valence-electron chi connectivity index (χ2n) is 7.18. The molecule has 2 aromatic heterocycles. The molecule has 1 aliphatic rings. The molecule has 140 valence electrons. The van der Waals surface area contributed by atoms with Gasteiger partial charge in [-0.1, -0.05) is 24.3 Å². The Morgan fingerprint density at radius 1 is 1.30 bits per heavy atom. The van der Waals surface area contributed by atoms with Gasteiger partial charge in [0.1, 0.15) is 5.82 Å². The van der Waals surface area contributed by atoms with Crippen molar-refractivity contribution in [2.75, 3.05) is 13.7 Å². The SMILES string of the molecule is CO[C@@H]1C[C@@H](c2nc(C)c(C)[nH]2)N(C(=O)Cc2cncc3ccccc23)C1. The van der Waals surface area contributed by atoms with Gasteiger partial charge in [0.25, 0.3) is 0 Å². The summed E-state index contributed by atoms with van der Waals surface area (Å²) < 4.78 is 5.55. The molecule has 1 N–H and O–H groups in total. The zero-order valence-corrected chi connectivity index (χ0v) is 15.9. The number of carbonyl (C=O) groups is 1. The van der Waals surface area contributed by atoms with E-state index in [1.54, 1.807) is 13.3 Å². The number of rotatable bonds is 4. The summed E-state index contributed by atoms with van der Waals surface area (Å²) in [5, 5.41) is 2.12. The number of nitrogens with one attached hydrogen (secondary N) is 1. The monoisotopic (exact) mass is 364 g/mol. The summed E-state index contributed by atoms with van der Waals surface area (Å²) in [6, 6.07) is 7.95. The van der Waals surface area contributed by atoms with Crippen LogP contribution in [-0.2, 0) is 16.0 Å². The summed E-state index contributed by atoms with van der Waals surface area (Å²) in [7, 11) is 1.70. The molecule has 1 saturated heterocycles. The van der Waals surface area contributed by atoms with E-state index in [0.29, 0.717) is 13.0 Å². The normalized spacial score (nSPS) is 19.7. The first-order chi connectivity index (χ1) is 13.1. The number of imidazole rings is 1. The molecular formula is C21H24N4O2. The van der Waals surface area contributed by atoms with E-state index in [1.165, 1.54) is 0 Å². The van der Waals surface area contributed by atoms with Crippen LogP contribution in [0.5, 0.6) is 0 Å². The number of nitrogens with zero attached hydrogens (tertiary/aromatic N) is 3. The number of pyridine rings is 1. The van der Waals surface area contributed by atoms with Gasteiger partial charge in [-0.2, -0.15) is 0 Å². The summed E-state index contributed by atoms with van der Waals surface area (Å²) in [5.74, 6) is 0.915. The number of aromatic nitrogens is 3. The Bertz CT molecular complexity index is 956. The van der Waals surface area contributed by atoms with Gasteiger partial charge < -0.3 is 14.6 Å². The first-order valence-corrected chi connectivity index (χ1v) is 9.23. The van der Waals surface area contributed by atoms with Crippen LogP contribution in [0.1, 0.15) is 35.2 Å². The second kappa shape index (κ2) is 7.12. The van der Waals surface area contributed by atoms with Gasteiger partial charge in [0, 0.05) is 43.5 Å². The van der Waals surface area contributed by atoms with Crippen molar-refractivity contribution in [2.24, 2.45) is 0 Å². The number of carbonyl (C=O) groups excluding carboxylic acids is 1. The summed E-state index contributed by atoms with van der Waals surface area (Å²) in [6.07, 6.45) is 4.72. The van der Waals surface area contributed by atoms with Gasteiger partial charge in [0.2, 0.25) is 5.91 Å². The maximum Gasteiger partial charge on any atom is 0.227 e. The van der Waals surface area contributed by atoms with Crippen molar-refractivity contribution in [3.05, 3.63) is 59.4 Å². The fourth-order valence-corrected chi connectivity index (χ4v) is 3.82. The zero-order chi connectivity index (χ0) is 19.0. The third kappa shape index (κ3) is 3.32. The lowest BCUT2D eigenvalue weighted by Gasteiger charge is -2.23. The molecule has 27 heavy (non-hydrogen) atoms. The summed E-state index contributed by atoms with van der Waals surface area (Å²) in [5.41, 5.74) is 2.96. The molecule has 1 fully saturated rings. The lowest BCUT2D eigenvalue weighted by molar-refractivity contribution is -0.131. The van der Waals surface area contributed by atoms with Crippen LogP contribution in [0.3, 0.4) is 0 Å². The first kappa shape index (κ1) is 17.7. The molecule has 6 heteroatoms. The predicted octanol–water partition coefficient (Wildman–Crippen LogP) is 3.11. The molecule has 0 bridgehead atoms. The van der Waals surface area contributed by atoms with Crippen LogP contribution in [0.25, 0.3) is 10.8 Å². The Hall–Kier alpha value is -2.73. The minimum absolute atomic E-state index is 0.0234. The van der Waals surface area contributed by atoms with E-state index in [2.05, 4.69) is 15.0 Å². The molecule has 0 saturated carbocycles. The molecule has 1 amide bonds. The maximum atomic E-state index is 13.2. The van der Waals surface area contributed by atoms with E-state index in [1.807, 2.05) is 49.2 Å². The average Bonchev–Trinajstić information content (AvgIpc) is 3.25. The quantitative estimate of drug-likeness (QED) is 0.772. The summed E-state index contributed by atoms with van der Waals surface area (Å²) >= 11 is 0. The highest BCUT2D eigenvalue weighted by Gasteiger charge is 2.38. The second-order valence-corrected chi connectivity index (χ2v) is 7.18. The highest BCUT2D eigenvalue weighted by molar-refractivity contribution is 5.89. The Kier molecular flexibility index (Phi) is 4.66. The highest BCUT2D eigenvalue weighted by atomic mass is 16.5. The van der Waals surface area contributed by atoms with Crippen molar-refractivity contribution < 1.29 is 9.53 Å². The maximum absolute atomic E-state index is 13.2. The largest absolute Gasteiger partial charge is 0.380 e. The molecule has 4 rings (SSSR count). The standard InChI is InChI=1S/C21H24N4O2/c1-13-14(2)24-21(23-13)19-9-17(27-3)12-25(19)20(26)8-16-11-22-10-15-6-4-5-7-18(15)16/h4-7,10-11,17,19H,8-9,12H2,1-3H3,(H,23,24)/t17-,19+/m1/s1. The molecule has 0 spiro atoms. The number of aryl methyl sites for hydroxylation is 2. The van der Waals surface area contributed by atoms with E-state index >= 15 is 0 Å². The van der Waals surface area contributed by atoms with Gasteiger partial charge in [-0.3, -0.25) is 9.78 Å². The van der Waals surface area contributed by atoms with Crippen molar-refractivity contribution in [2.45, 2.75) is 38.8 Å². The van der Waals surface area contributed by atoms with E-state index < -0.39 is 0 Å². The number of ether oxygens (including phenoxy) is 1. The number of hydrogen-bond acceptors (Lipinski definition) is 4. The number of aromatic amines is 1. The van der Waals surface area contributed by atoms with Crippen LogP contribution in [0.15, 0.2) is 36.7 Å². The van der Waals surface area contributed by atoms with Crippen LogP contribution >= 0.6 is 0 Å². The van der Waals surface area contributed by atoms with Gasteiger partial charge in [0.15, 0.2) is 0 Å². The zero-order valence-electron chi connectivity index (χ0n) is 15.9. The molecule has 0 unspecified atom stereocenters. The van der Waals surface area contributed by atoms with Crippen molar-refractivity contribution in [1.29, 1.82) is 0 Å². The smallest absolute Gasteiger partial charge is 0.227 e. The molecule has 0 aliphatic carbocycles. The van der Waals surface area contributed by atoms with E-state index in [0.717, 1.165) is 40.0 Å². The van der Waals surface area contributed by atoms with Crippen LogP contribution in [0.2, 0.25) is 0 Å². The number of amides is 1. The van der Waals surface area contributed by atoms with Gasteiger partial charge in [0.05, 0.1) is 24.3 Å². The van der Waals surface area contributed by atoms with Crippen LogP contribution in [-0.4, -0.2) is 45.5 Å². The number of likely N-dealkylation sites (tertiary alicyclic amines) is 1. The van der Waals surface area contributed by atoms with E-state index in [9.17, 15) is 4.79 Å². The highest BCUT2D eigenvalue weighted by Crippen LogP contribution is 2.33. The number of hydrogen-bond donors (Lipinski definition) is 1. The minimum Gasteiger partial charge on any atom is -0.380 e. The Balaban J connectivity index is 1.62. The molecule has 2 atom stereocenters. The third-order valence-corrected chi connectivity index (χ3v) is 5.47. The number of H-pyrrole nitrogens is 1. The molecule has 3 aromatic rings. The van der Waals surface area contributed by atoms with Crippen LogP contribution < -0.4 is 0 Å². The topological polar surface area (TPSA) is 71.1 Å².